The van der Waals surface area contributed by atoms with Crippen molar-refractivity contribution >= 4 is 33.3 Å². The Bertz CT molecular complexity index is 1220. The number of sulfone groups is 1. The Morgan fingerprint density at radius 2 is 1.71 bits per heavy atom. The number of benzene rings is 1. The Morgan fingerprint density at radius 3 is 2.23 bits per heavy atom. The molecular weight excluding hydrogens is 524 g/mol. The van der Waals surface area contributed by atoms with Crippen molar-refractivity contribution in [3.63, 3.8) is 0 Å². The van der Waals surface area contributed by atoms with Crippen molar-refractivity contribution in [1.29, 1.82) is 0 Å². The van der Waals surface area contributed by atoms with E-state index in [0.717, 1.165) is 23.1 Å². The minimum absolute atomic E-state index is 0. The number of carbonyl (C=O) groups is 1. The number of piperidine rings is 1. The molecule has 6 nitrogen and oxygen atoms in total. The van der Waals surface area contributed by atoms with Gasteiger partial charge in [0, 0.05) is 19.2 Å². The molecule has 2 aromatic rings. The van der Waals surface area contributed by atoms with E-state index in [0.29, 0.717) is 12.3 Å². The van der Waals surface area contributed by atoms with Gasteiger partial charge in [0.2, 0.25) is 11.9 Å². The Labute approximate surface area is 203 Å². The van der Waals surface area contributed by atoms with Crippen LogP contribution in [0.3, 0.4) is 0 Å². The summed E-state index contributed by atoms with van der Waals surface area (Å²) in [7, 11) is -4.30. The highest BCUT2D eigenvalue weighted by atomic mass is 35.5. The molecule has 1 aliphatic heterocycles. The Balaban J connectivity index is 0.00000432. The Hall–Kier alpha value is -2.41. The van der Waals surface area contributed by atoms with Crippen molar-refractivity contribution in [2.45, 2.75) is 56.1 Å². The van der Waals surface area contributed by atoms with Crippen LogP contribution in [0, 0.1) is 5.92 Å². The highest BCUT2D eigenvalue weighted by Crippen LogP contribution is 2.41. The third-order valence-electron chi connectivity index (χ3n) is 5.85. The van der Waals surface area contributed by atoms with Crippen LogP contribution in [0.5, 0.6) is 0 Å². The molecule has 1 amide bonds. The molecule has 0 spiro atoms. The predicted octanol–water partition coefficient (Wildman–Crippen LogP) is 5.80. The van der Waals surface area contributed by atoms with Crippen LogP contribution in [-0.4, -0.2) is 35.6 Å². The molecule has 1 atom stereocenters. The first-order valence-corrected chi connectivity index (χ1v) is 11.6. The summed E-state index contributed by atoms with van der Waals surface area (Å²) >= 11 is 5.59. The topological polar surface area (TPSA) is 80.2 Å². The molecule has 1 aromatic heterocycles. The fourth-order valence-corrected chi connectivity index (χ4v) is 5.69. The summed E-state index contributed by atoms with van der Waals surface area (Å²) in [6.45, 7) is 2.52. The van der Waals surface area contributed by atoms with Crippen molar-refractivity contribution in [3.05, 3.63) is 46.7 Å². The summed E-state index contributed by atoms with van der Waals surface area (Å²) < 4.78 is 103. The van der Waals surface area contributed by atoms with Crippen molar-refractivity contribution in [1.82, 2.24) is 9.97 Å². The SMILES string of the molecule is C.CC(C)([C@H]1CCN(c2ncc(C(F)(F)F)c(Cl)n2)C(=O)C1)S(=O)(=O)c1cccc(C(F)(F)F)c1. The second kappa shape index (κ2) is 9.57. The van der Waals surface area contributed by atoms with E-state index >= 15 is 0 Å². The van der Waals surface area contributed by atoms with Crippen LogP contribution in [0.4, 0.5) is 32.3 Å². The second-order valence-electron chi connectivity index (χ2n) is 8.24. The average molecular weight is 546 g/mol. The van der Waals surface area contributed by atoms with Crippen LogP contribution in [0.2, 0.25) is 5.15 Å². The number of carbonyl (C=O) groups excluding carboxylic acids is 1. The van der Waals surface area contributed by atoms with Gasteiger partial charge in [-0.2, -0.15) is 31.3 Å². The first-order chi connectivity index (χ1) is 15.5. The number of alkyl halides is 6. The summed E-state index contributed by atoms with van der Waals surface area (Å²) in [4.78, 5) is 20.3. The van der Waals surface area contributed by atoms with Gasteiger partial charge in [-0.15, -0.1) is 0 Å². The normalized spacial score (nSPS) is 17.8. The van der Waals surface area contributed by atoms with E-state index in [2.05, 4.69) is 9.97 Å². The third kappa shape index (κ3) is 5.55. The van der Waals surface area contributed by atoms with Gasteiger partial charge in [0.25, 0.3) is 0 Å². The average Bonchev–Trinajstić information content (AvgIpc) is 2.72. The van der Waals surface area contributed by atoms with E-state index in [-0.39, 0.29) is 32.8 Å². The van der Waals surface area contributed by atoms with Crippen LogP contribution in [0.15, 0.2) is 35.4 Å². The molecule has 0 unspecified atom stereocenters. The molecule has 0 aliphatic carbocycles. The van der Waals surface area contributed by atoms with Gasteiger partial charge in [0.1, 0.15) is 10.7 Å². The molecule has 0 saturated carbocycles. The van der Waals surface area contributed by atoms with E-state index in [4.69, 9.17) is 11.6 Å². The number of aromatic nitrogens is 2. The number of hydrogen-bond donors (Lipinski definition) is 0. The van der Waals surface area contributed by atoms with Crippen molar-refractivity contribution in [3.8, 4) is 0 Å². The van der Waals surface area contributed by atoms with E-state index in [9.17, 15) is 39.6 Å². The second-order valence-corrected chi connectivity index (χ2v) is 11.1. The van der Waals surface area contributed by atoms with E-state index < -0.39 is 59.9 Å². The predicted molar refractivity (Wildman–Crippen MR) is 117 cm³/mol. The molecular formula is C21H22ClF6N3O3S. The van der Waals surface area contributed by atoms with Gasteiger partial charge >= 0.3 is 12.4 Å². The Morgan fingerprint density at radius 1 is 1.09 bits per heavy atom. The summed E-state index contributed by atoms with van der Waals surface area (Å²) in [5, 5.41) is -0.889. The first kappa shape index (κ1) is 28.8. The van der Waals surface area contributed by atoms with E-state index in [1.54, 1.807) is 0 Å². The molecule has 0 radical (unpaired) electrons. The van der Waals surface area contributed by atoms with Crippen molar-refractivity contribution in [2.75, 3.05) is 11.4 Å². The van der Waals surface area contributed by atoms with Gasteiger partial charge in [0.05, 0.1) is 15.2 Å². The van der Waals surface area contributed by atoms with Crippen LogP contribution < -0.4 is 4.90 Å². The maximum Gasteiger partial charge on any atom is 0.420 e. The standard InChI is InChI=1S/C20H18ClF6N3O3S.CH4/c1-18(2,34(32,33)13-5-3-4-12(8-13)19(22,23)24)11-6-7-30(15(31)9-11)17-28-10-14(16(21)29-17)20(25,26)27;/h3-5,8,10-11H,6-7,9H2,1-2H3;1H4/t11-;/m0./s1. The van der Waals surface area contributed by atoms with Crippen LogP contribution in [0.1, 0.15) is 45.2 Å². The molecule has 1 aromatic carbocycles. The lowest BCUT2D eigenvalue weighted by Crippen LogP contribution is -2.49. The zero-order chi connectivity index (χ0) is 25.7. The van der Waals surface area contributed by atoms with Gasteiger partial charge in [-0.1, -0.05) is 25.1 Å². The molecule has 14 heteroatoms. The highest BCUT2D eigenvalue weighted by Gasteiger charge is 2.47. The minimum atomic E-state index is -4.78. The zero-order valence-corrected chi connectivity index (χ0v) is 19.3. The summed E-state index contributed by atoms with van der Waals surface area (Å²) in [5.74, 6) is -1.81. The lowest BCUT2D eigenvalue weighted by Gasteiger charge is -2.39. The number of halogens is 7. The fourth-order valence-electron chi connectivity index (χ4n) is 3.67. The van der Waals surface area contributed by atoms with Gasteiger partial charge in [-0.25, -0.2) is 13.4 Å². The lowest BCUT2D eigenvalue weighted by atomic mass is 9.85. The third-order valence-corrected chi connectivity index (χ3v) is 8.73. The molecule has 194 valence electrons. The van der Waals surface area contributed by atoms with E-state index in [1.807, 2.05) is 0 Å². The monoisotopic (exact) mass is 545 g/mol. The van der Waals surface area contributed by atoms with Gasteiger partial charge in [0.15, 0.2) is 9.84 Å². The largest absolute Gasteiger partial charge is 0.420 e. The molecule has 2 heterocycles. The molecule has 1 aliphatic rings. The maximum absolute atomic E-state index is 13.2. The summed E-state index contributed by atoms with van der Waals surface area (Å²) in [6, 6.07) is 3.35. The van der Waals surface area contributed by atoms with Crippen LogP contribution in [0.25, 0.3) is 0 Å². The number of hydrogen-bond acceptors (Lipinski definition) is 5. The molecule has 0 bridgehead atoms. The number of amides is 1. The lowest BCUT2D eigenvalue weighted by molar-refractivity contribution is -0.138. The van der Waals surface area contributed by atoms with Crippen LogP contribution in [-0.2, 0) is 27.0 Å². The van der Waals surface area contributed by atoms with Gasteiger partial charge in [-0.05, 0) is 44.4 Å². The van der Waals surface area contributed by atoms with Gasteiger partial charge < -0.3 is 0 Å². The van der Waals surface area contributed by atoms with E-state index in [1.165, 1.54) is 13.8 Å². The minimum Gasteiger partial charge on any atom is -0.281 e. The molecule has 3 rings (SSSR count). The smallest absolute Gasteiger partial charge is 0.281 e. The Kier molecular flexibility index (Phi) is 7.88. The number of anilines is 1. The summed E-state index contributed by atoms with van der Waals surface area (Å²) in [5.41, 5.74) is -2.39. The van der Waals surface area contributed by atoms with Crippen LogP contribution >= 0.6 is 11.6 Å². The zero-order valence-electron chi connectivity index (χ0n) is 17.7. The first-order valence-electron chi connectivity index (χ1n) is 9.78. The number of nitrogens with zero attached hydrogens (tertiary/aromatic N) is 3. The molecule has 35 heavy (non-hydrogen) atoms. The quantitative estimate of drug-likeness (QED) is 0.358. The molecule has 1 fully saturated rings. The van der Waals surface area contributed by atoms with Crippen molar-refractivity contribution in [2.24, 2.45) is 5.92 Å². The fraction of sp³-hybridized carbons (Fsp3) is 0.476. The van der Waals surface area contributed by atoms with Gasteiger partial charge in [-0.3, -0.25) is 9.69 Å². The molecule has 1 saturated heterocycles. The number of rotatable bonds is 4. The highest BCUT2D eigenvalue weighted by molar-refractivity contribution is 7.92. The maximum atomic E-state index is 13.2. The van der Waals surface area contributed by atoms with Crippen molar-refractivity contribution < 1.29 is 39.6 Å². The molecule has 0 N–H and O–H groups in total. The summed E-state index contributed by atoms with van der Waals surface area (Å²) in [6.07, 6.45) is -9.33.